The fourth-order valence-corrected chi connectivity index (χ4v) is 3.61. The quantitative estimate of drug-likeness (QED) is 0.575. The summed E-state index contributed by atoms with van der Waals surface area (Å²) in [6, 6.07) is 15.4. The van der Waals surface area contributed by atoms with Gasteiger partial charge in [0.1, 0.15) is 11.4 Å². The number of halogens is 2. The van der Waals surface area contributed by atoms with Crippen molar-refractivity contribution in [3.05, 3.63) is 94.7 Å². The van der Waals surface area contributed by atoms with E-state index in [2.05, 4.69) is 5.32 Å². The summed E-state index contributed by atoms with van der Waals surface area (Å²) in [5.74, 6) is -3.17. The Bertz CT molecular complexity index is 1280. The van der Waals surface area contributed by atoms with Crippen LogP contribution >= 0.6 is 0 Å². The smallest absolute Gasteiger partial charge is 0.282 e. The molecule has 4 rings (SSSR count). The van der Waals surface area contributed by atoms with Gasteiger partial charge in [0, 0.05) is 17.3 Å². The number of imide groups is 1. The minimum absolute atomic E-state index is 0.0259. The number of nitrogens with one attached hydrogen (secondary N) is 1. The Morgan fingerprint density at radius 3 is 2.34 bits per heavy atom. The van der Waals surface area contributed by atoms with Crippen molar-refractivity contribution in [3.8, 4) is 5.75 Å². The number of benzene rings is 3. The number of ether oxygens (including phenoxy) is 1. The third-order valence-electron chi connectivity index (χ3n) is 5.27. The average molecular weight is 434 g/mol. The van der Waals surface area contributed by atoms with Gasteiger partial charge in [0.25, 0.3) is 11.8 Å². The lowest BCUT2D eigenvalue weighted by Gasteiger charge is -2.16. The molecule has 0 spiro atoms. The highest BCUT2D eigenvalue weighted by molar-refractivity contribution is 6.46. The molecule has 162 valence electrons. The van der Waals surface area contributed by atoms with Crippen LogP contribution in [0.1, 0.15) is 16.7 Å². The van der Waals surface area contributed by atoms with E-state index in [1.807, 2.05) is 32.0 Å². The summed E-state index contributed by atoms with van der Waals surface area (Å²) in [6.45, 7) is 3.79. The van der Waals surface area contributed by atoms with Crippen LogP contribution in [0.25, 0.3) is 5.57 Å². The van der Waals surface area contributed by atoms with Crippen molar-refractivity contribution in [2.24, 2.45) is 0 Å². The second kappa shape index (κ2) is 8.26. The Labute approximate surface area is 183 Å². The summed E-state index contributed by atoms with van der Waals surface area (Å²) < 4.78 is 32.8. The van der Waals surface area contributed by atoms with Crippen molar-refractivity contribution in [3.63, 3.8) is 0 Å². The van der Waals surface area contributed by atoms with E-state index in [0.29, 0.717) is 17.0 Å². The number of carbonyl (C=O) groups is 2. The van der Waals surface area contributed by atoms with Gasteiger partial charge in [-0.25, -0.2) is 13.7 Å². The van der Waals surface area contributed by atoms with Gasteiger partial charge in [-0.3, -0.25) is 9.59 Å². The molecule has 1 N–H and O–H groups in total. The Hall–Kier alpha value is -4.00. The van der Waals surface area contributed by atoms with Crippen molar-refractivity contribution in [2.45, 2.75) is 13.8 Å². The molecule has 0 aromatic heterocycles. The van der Waals surface area contributed by atoms with E-state index in [1.165, 1.54) is 13.2 Å². The predicted molar refractivity (Wildman–Crippen MR) is 118 cm³/mol. The third-order valence-corrected chi connectivity index (χ3v) is 5.27. The zero-order valence-electron chi connectivity index (χ0n) is 17.7. The maximum Gasteiger partial charge on any atom is 0.282 e. The van der Waals surface area contributed by atoms with Gasteiger partial charge in [0.2, 0.25) is 0 Å². The number of hydrogen-bond acceptors (Lipinski definition) is 4. The number of aryl methyl sites for hydroxylation is 2. The van der Waals surface area contributed by atoms with Crippen LogP contribution in [0.15, 0.2) is 66.4 Å². The number of anilines is 2. The molecule has 1 aliphatic heterocycles. The minimum Gasteiger partial charge on any atom is -0.496 e. The SMILES string of the molecule is COc1ccccc1C1=C(Nc2cc(C)ccc2C)C(=O)N(c2ccc(F)c(F)c2)C1=O. The minimum atomic E-state index is -1.15. The Morgan fingerprint density at radius 1 is 0.875 bits per heavy atom. The molecule has 0 atom stereocenters. The molecule has 0 saturated carbocycles. The molecule has 0 aliphatic carbocycles. The van der Waals surface area contributed by atoms with Crippen LogP contribution in [-0.4, -0.2) is 18.9 Å². The lowest BCUT2D eigenvalue weighted by Crippen LogP contribution is -2.32. The Kier molecular flexibility index (Phi) is 5.48. The van der Waals surface area contributed by atoms with Crippen molar-refractivity contribution in [1.29, 1.82) is 0 Å². The topological polar surface area (TPSA) is 58.6 Å². The van der Waals surface area contributed by atoms with E-state index in [1.54, 1.807) is 24.3 Å². The molecule has 32 heavy (non-hydrogen) atoms. The second-order valence-electron chi connectivity index (χ2n) is 7.44. The van der Waals surface area contributed by atoms with Crippen molar-refractivity contribution < 1.29 is 23.1 Å². The first-order valence-electron chi connectivity index (χ1n) is 9.87. The normalized spacial score (nSPS) is 13.7. The van der Waals surface area contributed by atoms with Gasteiger partial charge in [-0.2, -0.15) is 0 Å². The summed E-state index contributed by atoms with van der Waals surface area (Å²) in [4.78, 5) is 27.7. The van der Waals surface area contributed by atoms with Gasteiger partial charge < -0.3 is 10.1 Å². The van der Waals surface area contributed by atoms with Crippen LogP contribution in [0.2, 0.25) is 0 Å². The van der Waals surface area contributed by atoms with E-state index in [4.69, 9.17) is 4.74 Å². The lowest BCUT2D eigenvalue weighted by atomic mass is 10.0. The first-order valence-corrected chi connectivity index (χ1v) is 9.87. The van der Waals surface area contributed by atoms with Crippen LogP contribution in [-0.2, 0) is 9.59 Å². The van der Waals surface area contributed by atoms with E-state index in [0.717, 1.165) is 28.2 Å². The molecular weight excluding hydrogens is 414 g/mol. The zero-order chi connectivity index (χ0) is 23.0. The van der Waals surface area contributed by atoms with Gasteiger partial charge in [0.05, 0.1) is 18.4 Å². The second-order valence-corrected chi connectivity index (χ2v) is 7.44. The Morgan fingerprint density at radius 2 is 1.62 bits per heavy atom. The molecule has 1 aliphatic rings. The fourth-order valence-electron chi connectivity index (χ4n) is 3.61. The summed E-state index contributed by atoms with van der Waals surface area (Å²) in [7, 11) is 1.46. The molecule has 1 heterocycles. The molecule has 0 fully saturated rings. The third kappa shape index (κ3) is 3.62. The standard InChI is InChI=1S/C25H20F2N2O3/c1-14-8-9-15(2)20(12-14)28-23-22(17-6-4-5-7-21(17)32-3)24(30)29(25(23)31)16-10-11-18(26)19(27)13-16/h4-13,28H,1-3H3. The summed E-state index contributed by atoms with van der Waals surface area (Å²) >= 11 is 0. The van der Waals surface area contributed by atoms with E-state index in [9.17, 15) is 18.4 Å². The molecule has 0 unspecified atom stereocenters. The van der Waals surface area contributed by atoms with Crippen molar-refractivity contribution in [2.75, 3.05) is 17.3 Å². The molecule has 5 nitrogen and oxygen atoms in total. The lowest BCUT2D eigenvalue weighted by molar-refractivity contribution is -0.120. The van der Waals surface area contributed by atoms with Crippen molar-refractivity contribution in [1.82, 2.24) is 0 Å². The van der Waals surface area contributed by atoms with Crippen LogP contribution in [0.4, 0.5) is 20.2 Å². The molecular formula is C25H20F2N2O3. The number of amides is 2. The maximum absolute atomic E-state index is 13.9. The van der Waals surface area contributed by atoms with Crippen LogP contribution in [0, 0.1) is 25.5 Å². The number of rotatable bonds is 5. The molecule has 3 aromatic rings. The van der Waals surface area contributed by atoms with Gasteiger partial charge >= 0.3 is 0 Å². The van der Waals surface area contributed by atoms with E-state index >= 15 is 0 Å². The average Bonchev–Trinajstić information content (AvgIpc) is 3.02. The number of hydrogen-bond donors (Lipinski definition) is 1. The molecule has 0 bridgehead atoms. The molecule has 0 radical (unpaired) electrons. The van der Waals surface area contributed by atoms with Crippen LogP contribution in [0.3, 0.4) is 0 Å². The van der Waals surface area contributed by atoms with Crippen LogP contribution in [0.5, 0.6) is 5.75 Å². The molecule has 0 saturated heterocycles. The maximum atomic E-state index is 13.9. The highest BCUT2D eigenvalue weighted by Gasteiger charge is 2.41. The molecule has 2 amide bonds. The zero-order valence-corrected chi connectivity index (χ0v) is 17.7. The van der Waals surface area contributed by atoms with E-state index < -0.39 is 23.4 Å². The van der Waals surface area contributed by atoms with Gasteiger partial charge in [-0.1, -0.05) is 30.3 Å². The number of para-hydroxylation sites is 1. The highest BCUT2D eigenvalue weighted by atomic mass is 19.2. The number of nitrogens with zero attached hydrogens (tertiary/aromatic N) is 1. The van der Waals surface area contributed by atoms with Gasteiger partial charge in [-0.05, 0) is 49.2 Å². The summed E-state index contributed by atoms with van der Waals surface area (Å²) in [5.41, 5.74) is 2.94. The summed E-state index contributed by atoms with van der Waals surface area (Å²) in [5, 5.41) is 3.10. The monoisotopic (exact) mass is 434 g/mol. The van der Waals surface area contributed by atoms with Crippen LogP contribution < -0.4 is 15.0 Å². The van der Waals surface area contributed by atoms with E-state index in [-0.39, 0.29) is 17.0 Å². The number of methoxy groups -OCH3 is 1. The first-order chi connectivity index (χ1) is 15.3. The van der Waals surface area contributed by atoms with Gasteiger partial charge in [-0.15, -0.1) is 0 Å². The molecule has 3 aromatic carbocycles. The molecule has 7 heteroatoms. The number of carbonyl (C=O) groups excluding carboxylic acids is 2. The summed E-state index contributed by atoms with van der Waals surface area (Å²) in [6.07, 6.45) is 0. The van der Waals surface area contributed by atoms with Crippen molar-refractivity contribution >= 4 is 28.8 Å². The largest absolute Gasteiger partial charge is 0.496 e. The fraction of sp³-hybridized carbons (Fsp3) is 0.120. The first kappa shape index (κ1) is 21.2. The Balaban J connectivity index is 1.89. The predicted octanol–water partition coefficient (Wildman–Crippen LogP) is 4.99. The highest BCUT2D eigenvalue weighted by Crippen LogP contribution is 2.38. The van der Waals surface area contributed by atoms with Gasteiger partial charge in [0.15, 0.2) is 11.6 Å².